The van der Waals surface area contributed by atoms with Crippen molar-refractivity contribution < 1.29 is 14.3 Å². The summed E-state index contributed by atoms with van der Waals surface area (Å²) in [5, 5.41) is 0. The van der Waals surface area contributed by atoms with E-state index in [0.717, 1.165) is 0 Å². The van der Waals surface area contributed by atoms with Gasteiger partial charge in [0.25, 0.3) is 5.91 Å². The Labute approximate surface area is 106 Å². The van der Waals surface area contributed by atoms with Gasteiger partial charge in [-0.1, -0.05) is 0 Å². The molecule has 1 aliphatic heterocycles. The lowest BCUT2D eigenvalue weighted by molar-refractivity contribution is -0.0125. The predicted octanol–water partition coefficient (Wildman–Crippen LogP) is 1.14. The van der Waals surface area contributed by atoms with Crippen molar-refractivity contribution in [1.29, 1.82) is 0 Å². The highest BCUT2D eigenvalue weighted by Gasteiger charge is 2.24. The number of nitrogens with two attached hydrogens (primary N) is 1. The topological polar surface area (TPSA) is 64.8 Å². The summed E-state index contributed by atoms with van der Waals surface area (Å²) in [6, 6.07) is 5.09. The number of methoxy groups -OCH3 is 1. The number of hydrogen-bond donors (Lipinski definition) is 1. The molecule has 1 saturated heterocycles. The zero-order valence-corrected chi connectivity index (χ0v) is 10.7. The van der Waals surface area contributed by atoms with Crippen molar-refractivity contribution in [3.05, 3.63) is 23.8 Å². The highest BCUT2D eigenvalue weighted by Crippen LogP contribution is 2.23. The molecule has 0 aliphatic carbocycles. The third kappa shape index (κ3) is 2.56. The number of amides is 1. The van der Waals surface area contributed by atoms with Crippen LogP contribution in [0.15, 0.2) is 18.2 Å². The van der Waals surface area contributed by atoms with E-state index in [2.05, 4.69) is 0 Å². The van der Waals surface area contributed by atoms with Crippen LogP contribution in [0.1, 0.15) is 17.3 Å². The van der Waals surface area contributed by atoms with E-state index in [-0.39, 0.29) is 12.0 Å². The van der Waals surface area contributed by atoms with Crippen molar-refractivity contribution in [2.45, 2.75) is 13.0 Å². The second kappa shape index (κ2) is 5.27. The van der Waals surface area contributed by atoms with Crippen LogP contribution in [-0.4, -0.2) is 43.7 Å². The lowest BCUT2D eigenvalue weighted by Crippen LogP contribution is -2.44. The van der Waals surface area contributed by atoms with Gasteiger partial charge in [-0.2, -0.15) is 0 Å². The Morgan fingerprint density at radius 3 is 3.00 bits per heavy atom. The van der Waals surface area contributed by atoms with Crippen LogP contribution in [0.2, 0.25) is 0 Å². The molecule has 98 valence electrons. The summed E-state index contributed by atoms with van der Waals surface area (Å²) >= 11 is 0. The van der Waals surface area contributed by atoms with E-state index in [9.17, 15) is 4.79 Å². The van der Waals surface area contributed by atoms with Crippen molar-refractivity contribution in [3.8, 4) is 5.75 Å². The van der Waals surface area contributed by atoms with E-state index >= 15 is 0 Å². The molecule has 0 radical (unpaired) electrons. The maximum Gasteiger partial charge on any atom is 0.257 e. The molecule has 1 aliphatic rings. The van der Waals surface area contributed by atoms with Crippen LogP contribution in [0.3, 0.4) is 0 Å². The maximum atomic E-state index is 12.4. The number of nitrogen functional groups attached to an aromatic ring is 1. The largest absolute Gasteiger partial charge is 0.496 e. The van der Waals surface area contributed by atoms with Gasteiger partial charge < -0.3 is 20.1 Å². The van der Waals surface area contributed by atoms with Gasteiger partial charge in [-0.05, 0) is 25.1 Å². The van der Waals surface area contributed by atoms with Gasteiger partial charge in [0.2, 0.25) is 0 Å². The molecule has 18 heavy (non-hydrogen) atoms. The molecule has 1 atom stereocenters. The van der Waals surface area contributed by atoms with Gasteiger partial charge in [-0.15, -0.1) is 0 Å². The molecule has 1 aromatic rings. The number of rotatable bonds is 2. The molecule has 1 heterocycles. The number of carbonyl (C=O) groups excluding carboxylic acids is 1. The van der Waals surface area contributed by atoms with Gasteiger partial charge in [0.1, 0.15) is 5.75 Å². The number of anilines is 1. The van der Waals surface area contributed by atoms with Gasteiger partial charge in [0.05, 0.1) is 25.4 Å². The van der Waals surface area contributed by atoms with Crippen LogP contribution < -0.4 is 10.5 Å². The Bertz CT molecular complexity index is 448. The van der Waals surface area contributed by atoms with Crippen molar-refractivity contribution in [1.82, 2.24) is 4.90 Å². The van der Waals surface area contributed by atoms with Gasteiger partial charge in [-0.25, -0.2) is 0 Å². The molecule has 0 aromatic heterocycles. The Morgan fingerprint density at radius 2 is 2.33 bits per heavy atom. The zero-order valence-electron chi connectivity index (χ0n) is 10.7. The summed E-state index contributed by atoms with van der Waals surface area (Å²) in [5.41, 5.74) is 6.79. The molecule has 1 aromatic carbocycles. The Kier molecular flexibility index (Phi) is 3.72. The second-order valence-electron chi connectivity index (χ2n) is 4.39. The summed E-state index contributed by atoms with van der Waals surface area (Å²) in [6.45, 7) is 3.71. The first-order valence-electron chi connectivity index (χ1n) is 5.96. The fraction of sp³-hybridized carbons (Fsp3) is 0.462. The van der Waals surface area contributed by atoms with Crippen LogP contribution in [0.5, 0.6) is 5.75 Å². The zero-order chi connectivity index (χ0) is 13.1. The van der Waals surface area contributed by atoms with Crippen LogP contribution >= 0.6 is 0 Å². The molecule has 5 heteroatoms. The average molecular weight is 250 g/mol. The van der Waals surface area contributed by atoms with Crippen LogP contribution in [0, 0.1) is 0 Å². The number of carbonyl (C=O) groups is 1. The second-order valence-corrected chi connectivity index (χ2v) is 4.39. The molecule has 1 unspecified atom stereocenters. The molecule has 0 saturated carbocycles. The molecule has 5 nitrogen and oxygen atoms in total. The molecular formula is C13H18N2O3. The minimum absolute atomic E-state index is 0.0608. The monoisotopic (exact) mass is 250 g/mol. The number of morpholine rings is 1. The van der Waals surface area contributed by atoms with Crippen molar-refractivity contribution in [2.24, 2.45) is 0 Å². The SMILES string of the molecule is COc1ccc(N)cc1C(=O)N1CCOC(C)C1. The van der Waals surface area contributed by atoms with Gasteiger partial charge in [0, 0.05) is 18.8 Å². The maximum absolute atomic E-state index is 12.4. The molecule has 0 spiro atoms. The summed E-state index contributed by atoms with van der Waals surface area (Å²) in [5.74, 6) is 0.489. The first-order valence-corrected chi connectivity index (χ1v) is 5.96. The summed E-state index contributed by atoms with van der Waals surface area (Å²) in [4.78, 5) is 14.2. The van der Waals surface area contributed by atoms with Crippen LogP contribution in [0.25, 0.3) is 0 Å². The molecular weight excluding hydrogens is 232 g/mol. The standard InChI is InChI=1S/C13H18N2O3/c1-9-8-15(5-6-18-9)13(16)11-7-10(14)3-4-12(11)17-2/h3-4,7,9H,5-6,8,14H2,1-2H3. The van der Waals surface area contributed by atoms with Crippen LogP contribution in [-0.2, 0) is 4.74 Å². The van der Waals surface area contributed by atoms with E-state index in [1.807, 2.05) is 6.92 Å². The van der Waals surface area contributed by atoms with Gasteiger partial charge >= 0.3 is 0 Å². The summed E-state index contributed by atoms with van der Waals surface area (Å²) in [6.07, 6.45) is 0.0646. The fourth-order valence-electron chi connectivity index (χ4n) is 2.07. The van der Waals surface area contributed by atoms with Crippen molar-refractivity contribution in [2.75, 3.05) is 32.5 Å². The van der Waals surface area contributed by atoms with E-state index < -0.39 is 0 Å². The van der Waals surface area contributed by atoms with E-state index in [1.165, 1.54) is 0 Å². The third-order valence-electron chi connectivity index (χ3n) is 2.98. The lowest BCUT2D eigenvalue weighted by atomic mass is 10.1. The van der Waals surface area contributed by atoms with E-state index in [1.54, 1.807) is 30.2 Å². The van der Waals surface area contributed by atoms with E-state index in [4.69, 9.17) is 15.2 Å². The minimum Gasteiger partial charge on any atom is -0.496 e. The van der Waals surface area contributed by atoms with Gasteiger partial charge in [0.15, 0.2) is 0 Å². The first kappa shape index (κ1) is 12.7. The number of nitrogens with zero attached hydrogens (tertiary/aromatic N) is 1. The Balaban J connectivity index is 2.24. The Morgan fingerprint density at radius 1 is 1.56 bits per heavy atom. The van der Waals surface area contributed by atoms with Crippen molar-refractivity contribution >= 4 is 11.6 Å². The first-order chi connectivity index (χ1) is 8.61. The highest BCUT2D eigenvalue weighted by atomic mass is 16.5. The van der Waals surface area contributed by atoms with E-state index in [0.29, 0.717) is 36.7 Å². The molecule has 1 fully saturated rings. The Hall–Kier alpha value is -1.75. The number of benzene rings is 1. The molecule has 2 rings (SSSR count). The fourth-order valence-corrected chi connectivity index (χ4v) is 2.07. The van der Waals surface area contributed by atoms with Gasteiger partial charge in [-0.3, -0.25) is 4.79 Å². The third-order valence-corrected chi connectivity index (χ3v) is 2.98. The number of hydrogen-bond acceptors (Lipinski definition) is 4. The molecule has 1 amide bonds. The smallest absolute Gasteiger partial charge is 0.257 e. The summed E-state index contributed by atoms with van der Waals surface area (Å²) < 4.78 is 10.6. The van der Waals surface area contributed by atoms with Crippen molar-refractivity contribution in [3.63, 3.8) is 0 Å². The van der Waals surface area contributed by atoms with Crippen LogP contribution in [0.4, 0.5) is 5.69 Å². The lowest BCUT2D eigenvalue weighted by Gasteiger charge is -2.31. The molecule has 2 N–H and O–H groups in total. The normalized spacial score (nSPS) is 19.7. The average Bonchev–Trinajstić information content (AvgIpc) is 2.38. The highest BCUT2D eigenvalue weighted by molar-refractivity contribution is 5.97. The minimum atomic E-state index is -0.0608. The summed E-state index contributed by atoms with van der Waals surface area (Å²) in [7, 11) is 1.55. The molecule has 0 bridgehead atoms. The quantitative estimate of drug-likeness (QED) is 0.799. The predicted molar refractivity (Wildman–Crippen MR) is 68.7 cm³/mol. The number of ether oxygens (including phenoxy) is 2.